The predicted octanol–water partition coefficient (Wildman–Crippen LogP) is 2.90. The number of aromatic nitrogens is 6. The fourth-order valence-corrected chi connectivity index (χ4v) is 3.53. The first-order valence-electron chi connectivity index (χ1n) is 9.38. The number of anilines is 1. The largest absolute Gasteiger partial charge is 0.333 e. The van der Waals surface area contributed by atoms with Gasteiger partial charge in [-0.2, -0.15) is 4.80 Å². The Bertz CT molecular complexity index is 1130. The summed E-state index contributed by atoms with van der Waals surface area (Å²) >= 11 is 6.02. The van der Waals surface area contributed by atoms with Crippen LogP contribution in [0.1, 0.15) is 35.1 Å². The third kappa shape index (κ3) is 4.20. The topological polar surface area (TPSA) is 89.7 Å². The molecule has 10 heteroatoms. The molecule has 154 valence electrons. The van der Waals surface area contributed by atoms with Crippen LogP contribution < -0.4 is 4.90 Å². The minimum Gasteiger partial charge on any atom is -0.333 e. The van der Waals surface area contributed by atoms with E-state index in [1.807, 2.05) is 4.90 Å². The summed E-state index contributed by atoms with van der Waals surface area (Å²) in [6, 6.07) is 3.72. The Morgan fingerprint density at radius 3 is 2.80 bits per heavy atom. The van der Waals surface area contributed by atoms with Crippen molar-refractivity contribution in [1.29, 1.82) is 0 Å². The van der Waals surface area contributed by atoms with Crippen LogP contribution in [0.15, 0.2) is 36.2 Å². The zero-order valence-electron chi connectivity index (χ0n) is 16.5. The molecule has 8 nitrogen and oxygen atoms in total. The fraction of sp³-hybridized carbons (Fsp3) is 0.300. The maximum absolute atomic E-state index is 13.4. The van der Waals surface area contributed by atoms with Crippen LogP contribution in [0.4, 0.5) is 10.3 Å². The number of carbonyl (C=O) groups is 1. The van der Waals surface area contributed by atoms with Crippen molar-refractivity contribution >= 4 is 28.9 Å². The van der Waals surface area contributed by atoms with E-state index < -0.39 is 5.82 Å². The molecule has 2 aromatic heterocycles. The van der Waals surface area contributed by atoms with E-state index in [0.29, 0.717) is 18.2 Å². The van der Waals surface area contributed by atoms with Crippen LogP contribution >= 0.6 is 11.6 Å². The molecule has 3 aromatic rings. The Hall–Kier alpha value is -3.20. The van der Waals surface area contributed by atoms with Crippen LogP contribution in [0.25, 0.3) is 5.57 Å². The Morgan fingerprint density at radius 1 is 1.27 bits per heavy atom. The lowest BCUT2D eigenvalue weighted by atomic mass is 9.99. The van der Waals surface area contributed by atoms with Crippen molar-refractivity contribution in [2.75, 3.05) is 18.0 Å². The van der Waals surface area contributed by atoms with E-state index in [-0.39, 0.29) is 22.8 Å². The summed E-state index contributed by atoms with van der Waals surface area (Å²) in [6.07, 6.45) is 4.07. The van der Waals surface area contributed by atoms with E-state index in [2.05, 4.69) is 32.3 Å². The summed E-state index contributed by atoms with van der Waals surface area (Å²) in [5.74, 6) is -0.245. The number of hydrogen-bond acceptors (Lipinski definition) is 7. The number of ketones is 1. The van der Waals surface area contributed by atoms with Gasteiger partial charge in [-0.05, 0) is 42.3 Å². The van der Waals surface area contributed by atoms with Crippen molar-refractivity contribution < 1.29 is 9.18 Å². The van der Waals surface area contributed by atoms with Gasteiger partial charge in [-0.1, -0.05) is 22.3 Å². The molecule has 0 aliphatic carbocycles. The number of tetrazole rings is 1. The van der Waals surface area contributed by atoms with E-state index >= 15 is 0 Å². The zero-order valence-corrected chi connectivity index (χ0v) is 17.3. The van der Waals surface area contributed by atoms with Gasteiger partial charge in [0.05, 0.1) is 36.1 Å². The van der Waals surface area contributed by atoms with E-state index in [0.717, 1.165) is 30.3 Å². The van der Waals surface area contributed by atoms with Crippen LogP contribution in [0.2, 0.25) is 5.02 Å². The van der Waals surface area contributed by atoms with Crippen LogP contribution in [0.5, 0.6) is 0 Å². The molecule has 0 amide bonds. The molecule has 0 atom stereocenters. The van der Waals surface area contributed by atoms with Crippen molar-refractivity contribution in [3.8, 4) is 0 Å². The summed E-state index contributed by atoms with van der Waals surface area (Å²) in [5, 5.41) is 12.4. The molecule has 0 spiro atoms. The molecule has 1 aliphatic heterocycles. The highest BCUT2D eigenvalue weighted by molar-refractivity contribution is 6.34. The number of aryl methyl sites for hydroxylation is 1. The summed E-state index contributed by atoms with van der Waals surface area (Å²) < 4.78 is 13.4. The van der Waals surface area contributed by atoms with Gasteiger partial charge in [0.25, 0.3) is 5.95 Å². The molecule has 1 aliphatic rings. The first kappa shape index (κ1) is 20.1. The van der Waals surface area contributed by atoms with E-state index in [1.165, 1.54) is 22.5 Å². The highest BCUT2D eigenvalue weighted by Gasteiger charge is 2.22. The minimum absolute atomic E-state index is 0.00979. The minimum atomic E-state index is -0.508. The highest BCUT2D eigenvalue weighted by atomic mass is 35.5. The summed E-state index contributed by atoms with van der Waals surface area (Å²) in [7, 11) is 1.73. The number of nitrogens with zero attached hydrogens (tertiary/aromatic N) is 7. The lowest BCUT2D eigenvalue weighted by Crippen LogP contribution is -2.32. The smallest absolute Gasteiger partial charge is 0.266 e. The summed E-state index contributed by atoms with van der Waals surface area (Å²) in [5.41, 5.74) is 3.64. The fourth-order valence-electron chi connectivity index (χ4n) is 3.30. The van der Waals surface area contributed by atoms with Gasteiger partial charge in [-0.25, -0.2) is 4.39 Å². The SMILES string of the molecule is CC1=C(c2cnc(CC(=O)c3cc(F)ccc3Cl)cn2)CN(c2nnn(C)n2)CC1. The van der Waals surface area contributed by atoms with E-state index in [4.69, 9.17) is 11.6 Å². The quantitative estimate of drug-likeness (QED) is 0.578. The van der Waals surface area contributed by atoms with Gasteiger partial charge >= 0.3 is 0 Å². The maximum atomic E-state index is 13.4. The van der Waals surface area contributed by atoms with Crippen molar-refractivity contribution in [2.24, 2.45) is 7.05 Å². The van der Waals surface area contributed by atoms with Gasteiger partial charge in [0, 0.05) is 24.8 Å². The molecule has 1 aromatic carbocycles. The Balaban J connectivity index is 1.50. The third-order valence-corrected chi connectivity index (χ3v) is 5.32. The molecule has 3 heterocycles. The first-order valence-corrected chi connectivity index (χ1v) is 9.75. The molecule has 0 unspecified atom stereocenters. The molecule has 30 heavy (non-hydrogen) atoms. The second-order valence-corrected chi connectivity index (χ2v) is 7.53. The van der Waals surface area contributed by atoms with Gasteiger partial charge in [-0.15, -0.1) is 5.10 Å². The molecule has 4 rings (SSSR count). The molecule has 0 fully saturated rings. The number of halogens is 2. The number of Topliss-reactive ketones (excluding diaryl/α,β-unsaturated/α-hetero) is 1. The average Bonchev–Trinajstić information content (AvgIpc) is 3.17. The number of hydrogen-bond donors (Lipinski definition) is 0. The Kier molecular flexibility index (Phi) is 5.54. The number of rotatable bonds is 5. The molecule has 0 N–H and O–H groups in total. The van der Waals surface area contributed by atoms with Crippen LogP contribution in [-0.4, -0.2) is 49.0 Å². The van der Waals surface area contributed by atoms with Gasteiger partial charge < -0.3 is 4.90 Å². The normalized spacial score (nSPS) is 14.3. The molecule has 0 bridgehead atoms. The van der Waals surface area contributed by atoms with Gasteiger partial charge in [0.1, 0.15) is 5.82 Å². The van der Waals surface area contributed by atoms with Gasteiger partial charge in [-0.3, -0.25) is 14.8 Å². The molecule has 0 saturated heterocycles. The standard InChI is InChI=1S/C20H19ClFN7O/c1-12-5-6-29(20-25-27-28(2)26-20)11-16(12)18-10-23-14(9-24-18)8-19(30)15-7-13(22)3-4-17(15)21/h3-4,7,9-10H,5-6,8,11H2,1-2H3. The zero-order chi connectivity index (χ0) is 21.3. The van der Waals surface area contributed by atoms with Crippen molar-refractivity contribution in [2.45, 2.75) is 19.8 Å². The Labute approximate surface area is 177 Å². The average molecular weight is 428 g/mol. The third-order valence-electron chi connectivity index (χ3n) is 4.99. The van der Waals surface area contributed by atoms with Gasteiger partial charge in [0.15, 0.2) is 5.78 Å². The monoisotopic (exact) mass is 427 g/mol. The van der Waals surface area contributed by atoms with Crippen LogP contribution in [0, 0.1) is 5.82 Å². The molecule has 0 saturated carbocycles. The second kappa shape index (κ2) is 8.27. The molecular weight excluding hydrogens is 409 g/mol. The maximum Gasteiger partial charge on any atom is 0.266 e. The lowest BCUT2D eigenvalue weighted by Gasteiger charge is -2.28. The van der Waals surface area contributed by atoms with Crippen molar-refractivity contribution in [1.82, 2.24) is 30.2 Å². The predicted molar refractivity (Wildman–Crippen MR) is 110 cm³/mol. The Morgan fingerprint density at radius 2 is 2.10 bits per heavy atom. The lowest BCUT2D eigenvalue weighted by molar-refractivity contribution is 0.0991. The highest BCUT2D eigenvalue weighted by Crippen LogP contribution is 2.27. The second-order valence-electron chi connectivity index (χ2n) is 7.13. The van der Waals surface area contributed by atoms with Crippen molar-refractivity contribution in [3.63, 3.8) is 0 Å². The van der Waals surface area contributed by atoms with Gasteiger partial charge in [0.2, 0.25) is 0 Å². The summed E-state index contributed by atoms with van der Waals surface area (Å²) in [4.78, 5) is 24.8. The number of benzene rings is 1. The van der Waals surface area contributed by atoms with E-state index in [1.54, 1.807) is 19.4 Å². The number of carbonyl (C=O) groups excluding carboxylic acids is 1. The van der Waals surface area contributed by atoms with E-state index in [9.17, 15) is 9.18 Å². The summed E-state index contributed by atoms with van der Waals surface area (Å²) in [6.45, 7) is 3.47. The molecule has 0 radical (unpaired) electrons. The van der Waals surface area contributed by atoms with Crippen molar-refractivity contribution in [3.05, 3.63) is 64.0 Å². The molecular formula is C20H19ClFN7O. The van der Waals surface area contributed by atoms with Crippen LogP contribution in [0.3, 0.4) is 0 Å². The van der Waals surface area contributed by atoms with Crippen LogP contribution in [-0.2, 0) is 13.5 Å². The first-order chi connectivity index (χ1) is 14.4.